The average molecular weight is 337 g/mol. The first-order chi connectivity index (χ1) is 11.1. The number of benzene rings is 1. The number of morpholine rings is 1. The molecule has 1 aromatic carbocycles. The lowest BCUT2D eigenvalue weighted by molar-refractivity contribution is 0.0376. The summed E-state index contributed by atoms with van der Waals surface area (Å²) in [5.41, 5.74) is 2.44. The predicted molar refractivity (Wildman–Crippen MR) is 100 cm³/mol. The molecular formula is C17H28N4OS. The second kappa shape index (κ2) is 9.70. The van der Waals surface area contributed by atoms with Crippen molar-refractivity contribution in [2.24, 2.45) is 0 Å². The van der Waals surface area contributed by atoms with E-state index in [-0.39, 0.29) is 0 Å². The molecule has 0 saturated carbocycles. The summed E-state index contributed by atoms with van der Waals surface area (Å²) in [6.45, 7) is 6.58. The van der Waals surface area contributed by atoms with Crippen LogP contribution in [0.25, 0.3) is 0 Å². The number of ether oxygens (including phenoxy) is 1. The largest absolute Gasteiger partial charge is 0.379 e. The molecule has 0 spiro atoms. The zero-order valence-electron chi connectivity index (χ0n) is 14.2. The van der Waals surface area contributed by atoms with Crippen LogP contribution in [-0.2, 0) is 11.3 Å². The molecule has 0 amide bonds. The van der Waals surface area contributed by atoms with Gasteiger partial charge in [0.25, 0.3) is 0 Å². The Hall–Kier alpha value is -1.37. The van der Waals surface area contributed by atoms with Gasteiger partial charge >= 0.3 is 0 Å². The van der Waals surface area contributed by atoms with Crippen molar-refractivity contribution in [2.45, 2.75) is 13.0 Å². The van der Waals surface area contributed by atoms with Gasteiger partial charge in [-0.05, 0) is 42.9 Å². The molecule has 5 nitrogen and oxygen atoms in total. The van der Waals surface area contributed by atoms with Gasteiger partial charge in [-0.3, -0.25) is 4.90 Å². The summed E-state index contributed by atoms with van der Waals surface area (Å²) in [7, 11) is 4.09. The van der Waals surface area contributed by atoms with E-state index in [1.165, 1.54) is 11.3 Å². The van der Waals surface area contributed by atoms with E-state index in [9.17, 15) is 0 Å². The molecule has 1 fully saturated rings. The molecule has 1 aliphatic rings. The maximum atomic E-state index is 5.35. The number of anilines is 1. The van der Waals surface area contributed by atoms with Crippen LogP contribution in [0.1, 0.15) is 12.0 Å². The lowest BCUT2D eigenvalue weighted by Crippen LogP contribution is -2.39. The van der Waals surface area contributed by atoms with Crippen molar-refractivity contribution in [3.05, 3.63) is 29.8 Å². The molecule has 1 aliphatic heterocycles. The highest BCUT2D eigenvalue weighted by Crippen LogP contribution is 2.11. The smallest absolute Gasteiger partial charge is 0.166 e. The van der Waals surface area contributed by atoms with Crippen LogP contribution < -0.4 is 15.5 Å². The molecule has 1 heterocycles. The van der Waals surface area contributed by atoms with Crippen molar-refractivity contribution in [1.82, 2.24) is 15.5 Å². The normalized spacial score (nSPS) is 15.2. The summed E-state index contributed by atoms with van der Waals surface area (Å²) in [6.07, 6.45) is 1.10. The lowest BCUT2D eigenvalue weighted by Gasteiger charge is -2.26. The zero-order valence-corrected chi connectivity index (χ0v) is 15.0. The van der Waals surface area contributed by atoms with Crippen LogP contribution in [-0.4, -0.2) is 63.5 Å². The van der Waals surface area contributed by atoms with Gasteiger partial charge in [-0.15, -0.1) is 0 Å². The molecule has 2 rings (SSSR count). The van der Waals surface area contributed by atoms with Gasteiger partial charge in [0.2, 0.25) is 0 Å². The van der Waals surface area contributed by atoms with Crippen LogP contribution in [0.4, 0.5) is 5.69 Å². The van der Waals surface area contributed by atoms with E-state index >= 15 is 0 Å². The SMILES string of the molecule is CN(C)c1ccc(CNC(=S)NCCCN2CCOCC2)cc1. The molecular weight excluding hydrogens is 308 g/mol. The highest BCUT2D eigenvalue weighted by molar-refractivity contribution is 7.80. The number of thiocarbonyl (C=S) groups is 1. The fourth-order valence-corrected chi connectivity index (χ4v) is 2.66. The van der Waals surface area contributed by atoms with E-state index in [0.29, 0.717) is 0 Å². The van der Waals surface area contributed by atoms with Crippen molar-refractivity contribution in [3.63, 3.8) is 0 Å². The maximum Gasteiger partial charge on any atom is 0.166 e. The Morgan fingerprint density at radius 2 is 1.87 bits per heavy atom. The average Bonchev–Trinajstić information content (AvgIpc) is 2.58. The third-order valence-corrected chi connectivity index (χ3v) is 4.23. The van der Waals surface area contributed by atoms with Gasteiger partial charge in [0.05, 0.1) is 13.2 Å². The van der Waals surface area contributed by atoms with E-state index in [1.54, 1.807) is 0 Å². The van der Waals surface area contributed by atoms with Gasteiger partial charge in [-0.2, -0.15) is 0 Å². The van der Waals surface area contributed by atoms with Crippen molar-refractivity contribution >= 4 is 23.0 Å². The summed E-state index contributed by atoms with van der Waals surface area (Å²) in [5.74, 6) is 0. The first-order valence-corrected chi connectivity index (χ1v) is 8.64. The Kier molecular flexibility index (Phi) is 7.58. The van der Waals surface area contributed by atoms with Gasteiger partial charge < -0.3 is 20.3 Å². The zero-order chi connectivity index (χ0) is 16.5. The molecule has 1 saturated heterocycles. The van der Waals surface area contributed by atoms with Crippen molar-refractivity contribution in [3.8, 4) is 0 Å². The number of rotatable bonds is 7. The molecule has 0 aliphatic carbocycles. The standard InChI is InChI=1S/C17H28N4OS/c1-20(2)16-6-4-15(5-7-16)14-19-17(23)18-8-3-9-21-10-12-22-13-11-21/h4-7H,3,8-14H2,1-2H3,(H2,18,19,23). The van der Waals surface area contributed by atoms with E-state index in [4.69, 9.17) is 17.0 Å². The lowest BCUT2D eigenvalue weighted by atomic mass is 10.2. The second-order valence-corrected chi connectivity index (χ2v) is 6.39. The minimum absolute atomic E-state index is 0.726. The summed E-state index contributed by atoms with van der Waals surface area (Å²) in [4.78, 5) is 4.53. The van der Waals surface area contributed by atoms with Gasteiger partial charge in [-0.1, -0.05) is 12.1 Å². The van der Waals surface area contributed by atoms with E-state index in [1.807, 2.05) is 14.1 Å². The van der Waals surface area contributed by atoms with Gasteiger partial charge in [-0.25, -0.2) is 0 Å². The Balaban J connectivity index is 1.57. The maximum absolute atomic E-state index is 5.35. The number of hydrogen-bond acceptors (Lipinski definition) is 4. The van der Waals surface area contributed by atoms with Crippen LogP contribution in [0.2, 0.25) is 0 Å². The van der Waals surface area contributed by atoms with Gasteiger partial charge in [0.15, 0.2) is 5.11 Å². The first kappa shape index (κ1) is 18.0. The van der Waals surface area contributed by atoms with E-state index < -0.39 is 0 Å². The van der Waals surface area contributed by atoms with Crippen molar-refractivity contribution in [2.75, 3.05) is 58.4 Å². The Morgan fingerprint density at radius 3 is 2.52 bits per heavy atom. The summed E-state index contributed by atoms with van der Waals surface area (Å²) >= 11 is 5.33. The quantitative estimate of drug-likeness (QED) is 0.580. The monoisotopic (exact) mass is 336 g/mol. The molecule has 0 radical (unpaired) electrons. The summed E-state index contributed by atoms with van der Waals surface area (Å²) < 4.78 is 5.35. The second-order valence-electron chi connectivity index (χ2n) is 5.98. The van der Waals surface area contributed by atoms with Crippen LogP contribution in [0.3, 0.4) is 0 Å². The van der Waals surface area contributed by atoms with Crippen LogP contribution >= 0.6 is 12.2 Å². The topological polar surface area (TPSA) is 39.8 Å². The molecule has 2 N–H and O–H groups in total. The van der Waals surface area contributed by atoms with Crippen LogP contribution in [0.5, 0.6) is 0 Å². The minimum atomic E-state index is 0.726. The molecule has 0 unspecified atom stereocenters. The molecule has 6 heteroatoms. The first-order valence-electron chi connectivity index (χ1n) is 8.23. The van der Waals surface area contributed by atoms with Crippen LogP contribution in [0.15, 0.2) is 24.3 Å². The Labute approximate surface area is 145 Å². The third kappa shape index (κ3) is 6.72. The molecule has 0 bridgehead atoms. The fourth-order valence-electron chi connectivity index (χ4n) is 2.49. The van der Waals surface area contributed by atoms with E-state index in [2.05, 4.69) is 44.7 Å². The minimum Gasteiger partial charge on any atom is -0.379 e. The molecule has 128 valence electrons. The van der Waals surface area contributed by atoms with E-state index in [0.717, 1.165) is 57.5 Å². The molecule has 23 heavy (non-hydrogen) atoms. The van der Waals surface area contributed by atoms with Gasteiger partial charge in [0, 0.05) is 46.0 Å². The third-order valence-electron chi connectivity index (χ3n) is 3.95. The fraction of sp³-hybridized carbons (Fsp3) is 0.588. The van der Waals surface area contributed by atoms with Crippen molar-refractivity contribution < 1.29 is 4.74 Å². The molecule has 0 atom stereocenters. The number of nitrogens with one attached hydrogen (secondary N) is 2. The summed E-state index contributed by atoms with van der Waals surface area (Å²) in [6, 6.07) is 8.50. The summed E-state index contributed by atoms with van der Waals surface area (Å²) in [5, 5.41) is 7.26. The molecule has 1 aromatic rings. The number of nitrogens with zero attached hydrogens (tertiary/aromatic N) is 2. The highest BCUT2D eigenvalue weighted by Gasteiger charge is 2.09. The molecule has 0 aromatic heterocycles. The Bertz CT molecular complexity index is 472. The van der Waals surface area contributed by atoms with Crippen molar-refractivity contribution in [1.29, 1.82) is 0 Å². The van der Waals surface area contributed by atoms with Crippen LogP contribution in [0, 0.1) is 0 Å². The highest BCUT2D eigenvalue weighted by atomic mass is 32.1. The van der Waals surface area contributed by atoms with Gasteiger partial charge in [0.1, 0.15) is 0 Å². The Morgan fingerprint density at radius 1 is 1.17 bits per heavy atom. The predicted octanol–water partition coefficient (Wildman–Crippen LogP) is 1.44. The number of hydrogen-bond donors (Lipinski definition) is 2.